The topological polar surface area (TPSA) is 57.0 Å². The zero-order valence-corrected chi connectivity index (χ0v) is 11.8. The number of rotatable bonds is 1. The number of pyridine rings is 1. The van der Waals surface area contributed by atoms with E-state index in [1.54, 1.807) is 17.0 Å². The van der Waals surface area contributed by atoms with Gasteiger partial charge in [-0.1, -0.05) is 25.1 Å². The lowest BCUT2D eigenvalue weighted by atomic mass is 9.93. The monoisotopic (exact) mass is 277 g/mol. The van der Waals surface area contributed by atoms with Crippen molar-refractivity contribution in [3.05, 3.63) is 59.4 Å². The van der Waals surface area contributed by atoms with Gasteiger partial charge < -0.3 is 4.90 Å². The molecule has 1 aliphatic heterocycles. The molecule has 0 aliphatic carbocycles. The van der Waals surface area contributed by atoms with E-state index in [9.17, 15) is 4.79 Å². The van der Waals surface area contributed by atoms with Crippen LogP contribution in [0.4, 0.5) is 5.69 Å². The van der Waals surface area contributed by atoms with Crippen molar-refractivity contribution in [1.82, 2.24) is 4.98 Å². The summed E-state index contributed by atoms with van der Waals surface area (Å²) < 4.78 is 0. The van der Waals surface area contributed by atoms with E-state index in [4.69, 9.17) is 5.26 Å². The molecule has 0 spiro atoms. The van der Waals surface area contributed by atoms with Gasteiger partial charge in [0.25, 0.3) is 5.91 Å². The van der Waals surface area contributed by atoms with Gasteiger partial charge in [-0.15, -0.1) is 0 Å². The van der Waals surface area contributed by atoms with E-state index in [-0.39, 0.29) is 5.91 Å². The molecule has 1 aromatic heterocycles. The van der Waals surface area contributed by atoms with E-state index < -0.39 is 0 Å². The van der Waals surface area contributed by atoms with E-state index in [0.717, 1.165) is 12.1 Å². The SMILES string of the molecule is CC1Cc2ccccc2N(C(=O)c2ccc(C#N)cn2)C1. The predicted molar refractivity (Wildman–Crippen MR) is 79.9 cm³/mol. The number of carbonyl (C=O) groups excluding carboxylic acids is 1. The van der Waals surface area contributed by atoms with Crippen LogP contribution in [0.3, 0.4) is 0 Å². The standard InChI is InChI=1S/C17H15N3O/c1-12-8-14-4-2-3-5-16(14)20(11-12)17(21)15-7-6-13(9-18)10-19-15/h2-7,10,12H,8,11H2,1H3. The van der Waals surface area contributed by atoms with E-state index in [2.05, 4.69) is 18.0 Å². The lowest BCUT2D eigenvalue weighted by Crippen LogP contribution is -2.39. The number of fused-ring (bicyclic) bond motifs is 1. The summed E-state index contributed by atoms with van der Waals surface area (Å²) in [6, 6.07) is 13.2. The molecule has 1 amide bonds. The smallest absolute Gasteiger partial charge is 0.276 e. The summed E-state index contributed by atoms with van der Waals surface area (Å²) in [4.78, 5) is 18.6. The molecule has 1 aromatic carbocycles. The van der Waals surface area contributed by atoms with Gasteiger partial charge in [0.1, 0.15) is 11.8 Å². The second kappa shape index (κ2) is 5.37. The van der Waals surface area contributed by atoms with Crippen LogP contribution >= 0.6 is 0 Å². The number of nitriles is 1. The third kappa shape index (κ3) is 2.50. The normalized spacial score (nSPS) is 17.0. The second-order valence-electron chi connectivity index (χ2n) is 5.40. The first-order valence-electron chi connectivity index (χ1n) is 6.95. The summed E-state index contributed by atoms with van der Waals surface area (Å²) >= 11 is 0. The number of carbonyl (C=O) groups is 1. The first-order chi connectivity index (χ1) is 10.2. The second-order valence-corrected chi connectivity index (χ2v) is 5.40. The average Bonchev–Trinajstić information content (AvgIpc) is 2.53. The van der Waals surface area contributed by atoms with Crippen LogP contribution in [-0.2, 0) is 6.42 Å². The minimum Gasteiger partial charge on any atom is -0.306 e. The highest BCUT2D eigenvalue weighted by atomic mass is 16.2. The van der Waals surface area contributed by atoms with E-state index in [1.165, 1.54) is 11.8 Å². The third-order valence-corrected chi connectivity index (χ3v) is 3.70. The number of aromatic nitrogens is 1. The highest BCUT2D eigenvalue weighted by Crippen LogP contribution is 2.30. The molecule has 3 rings (SSSR count). The molecule has 104 valence electrons. The minimum atomic E-state index is -0.113. The number of para-hydroxylation sites is 1. The Hall–Kier alpha value is -2.67. The van der Waals surface area contributed by atoms with Gasteiger partial charge in [0.15, 0.2) is 0 Å². The molecule has 0 saturated carbocycles. The lowest BCUT2D eigenvalue weighted by Gasteiger charge is -2.32. The molecule has 4 heteroatoms. The molecule has 4 nitrogen and oxygen atoms in total. The van der Waals surface area contributed by atoms with Crippen molar-refractivity contribution in [3.8, 4) is 6.07 Å². The van der Waals surface area contributed by atoms with E-state index >= 15 is 0 Å². The summed E-state index contributed by atoms with van der Waals surface area (Å²) in [5.74, 6) is 0.306. The first-order valence-corrected chi connectivity index (χ1v) is 6.95. The van der Waals surface area contributed by atoms with Crippen molar-refractivity contribution in [1.29, 1.82) is 5.26 Å². The Morgan fingerprint density at radius 1 is 1.33 bits per heavy atom. The molecule has 2 heterocycles. The van der Waals surface area contributed by atoms with Gasteiger partial charge in [0, 0.05) is 18.4 Å². The van der Waals surface area contributed by atoms with Crippen molar-refractivity contribution in [3.63, 3.8) is 0 Å². The largest absolute Gasteiger partial charge is 0.306 e. The number of hydrogen-bond donors (Lipinski definition) is 0. The maximum Gasteiger partial charge on any atom is 0.276 e. The van der Waals surface area contributed by atoms with Crippen LogP contribution in [0, 0.1) is 17.2 Å². The first kappa shape index (κ1) is 13.3. The fraction of sp³-hybridized carbons (Fsp3) is 0.235. The fourth-order valence-electron chi connectivity index (χ4n) is 2.71. The fourth-order valence-corrected chi connectivity index (χ4v) is 2.71. The predicted octanol–water partition coefficient (Wildman–Crippen LogP) is 2.79. The quantitative estimate of drug-likeness (QED) is 0.805. The van der Waals surface area contributed by atoms with Gasteiger partial charge in [-0.3, -0.25) is 4.79 Å². The molecule has 0 N–H and O–H groups in total. The van der Waals surface area contributed by atoms with Gasteiger partial charge in [-0.25, -0.2) is 4.98 Å². The number of amides is 1. The van der Waals surface area contributed by atoms with Crippen molar-refractivity contribution in [2.75, 3.05) is 11.4 Å². The van der Waals surface area contributed by atoms with Crippen LogP contribution < -0.4 is 4.90 Å². The molecule has 0 bridgehead atoms. The summed E-state index contributed by atoms with van der Waals surface area (Å²) in [5.41, 5.74) is 2.99. The number of anilines is 1. The number of nitrogens with zero attached hydrogens (tertiary/aromatic N) is 3. The zero-order valence-electron chi connectivity index (χ0n) is 11.8. The van der Waals surface area contributed by atoms with E-state index in [1.807, 2.05) is 24.3 Å². The van der Waals surface area contributed by atoms with Crippen LogP contribution in [0.15, 0.2) is 42.6 Å². The molecular formula is C17H15N3O. The summed E-state index contributed by atoms with van der Waals surface area (Å²) in [7, 11) is 0. The minimum absolute atomic E-state index is 0.113. The van der Waals surface area contributed by atoms with Gasteiger partial charge in [-0.05, 0) is 36.1 Å². The average molecular weight is 277 g/mol. The molecular weight excluding hydrogens is 262 g/mol. The summed E-state index contributed by atoms with van der Waals surface area (Å²) in [5, 5.41) is 8.80. The van der Waals surface area contributed by atoms with Crippen LogP contribution in [0.25, 0.3) is 0 Å². The van der Waals surface area contributed by atoms with E-state index in [0.29, 0.717) is 23.7 Å². The highest BCUT2D eigenvalue weighted by molar-refractivity contribution is 6.05. The van der Waals surface area contributed by atoms with Crippen LogP contribution in [-0.4, -0.2) is 17.4 Å². The maximum absolute atomic E-state index is 12.7. The van der Waals surface area contributed by atoms with Crippen molar-refractivity contribution in [2.45, 2.75) is 13.3 Å². The van der Waals surface area contributed by atoms with Crippen molar-refractivity contribution < 1.29 is 4.79 Å². The molecule has 1 unspecified atom stereocenters. The highest BCUT2D eigenvalue weighted by Gasteiger charge is 2.27. The van der Waals surface area contributed by atoms with Crippen molar-refractivity contribution >= 4 is 11.6 Å². The Balaban J connectivity index is 1.96. The lowest BCUT2D eigenvalue weighted by molar-refractivity contribution is 0.0976. The Kier molecular flexibility index (Phi) is 3.41. The Labute approximate surface area is 123 Å². The van der Waals surface area contributed by atoms with Gasteiger partial charge >= 0.3 is 0 Å². The maximum atomic E-state index is 12.7. The molecule has 0 saturated heterocycles. The van der Waals surface area contributed by atoms with Gasteiger partial charge in [-0.2, -0.15) is 5.26 Å². The summed E-state index contributed by atoms with van der Waals surface area (Å²) in [6.45, 7) is 2.83. The van der Waals surface area contributed by atoms with Crippen molar-refractivity contribution in [2.24, 2.45) is 5.92 Å². The summed E-state index contributed by atoms with van der Waals surface area (Å²) in [6.07, 6.45) is 2.42. The molecule has 0 radical (unpaired) electrons. The molecule has 21 heavy (non-hydrogen) atoms. The number of hydrogen-bond acceptors (Lipinski definition) is 3. The Bertz CT molecular complexity index is 716. The zero-order chi connectivity index (χ0) is 14.8. The molecule has 1 aliphatic rings. The van der Waals surface area contributed by atoms with Crippen LogP contribution in [0.2, 0.25) is 0 Å². The Morgan fingerprint density at radius 3 is 2.86 bits per heavy atom. The molecule has 0 fully saturated rings. The van der Waals surface area contributed by atoms with Gasteiger partial charge in [0.05, 0.1) is 5.56 Å². The van der Waals surface area contributed by atoms with Crippen LogP contribution in [0.1, 0.15) is 28.5 Å². The van der Waals surface area contributed by atoms with Gasteiger partial charge in [0.2, 0.25) is 0 Å². The third-order valence-electron chi connectivity index (χ3n) is 3.70. The number of benzene rings is 1. The molecule has 1 atom stereocenters. The Morgan fingerprint density at radius 2 is 2.14 bits per heavy atom. The molecule has 2 aromatic rings. The van der Waals surface area contributed by atoms with Crippen LogP contribution in [0.5, 0.6) is 0 Å².